The first-order valence-corrected chi connectivity index (χ1v) is 13.9. The van der Waals surface area contributed by atoms with E-state index in [1.165, 1.54) is 11.8 Å². The normalized spacial score (nSPS) is 22.5. The number of piperidine rings is 1. The first kappa shape index (κ1) is 25.9. The SMILES string of the molecule is CCCCn1c(N2CCC(C)CC2)c(C=C2SC(=S)N(CC3CCCO3)C2=O)c(C)c(C#N)c1=O. The van der Waals surface area contributed by atoms with E-state index in [0.717, 1.165) is 69.6 Å². The summed E-state index contributed by atoms with van der Waals surface area (Å²) in [4.78, 5) is 31.2. The lowest BCUT2D eigenvalue weighted by atomic mass is 9.97. The number of carbonyl (C=O) groups is 1. The van der Waals surface area contributed by atoms with Gasteiger partial charge in [0.05, 0.1) is 17.6 Å². The lowest BCUT2D eigenvalue weighted by Crippen LogP contribution is -2.39. The molecule has 1 aromatic rings. The number of pyridine rings is 1. The molecule has 35 heavy (non-hydrogen) atoms. The molecule has 9 heteroatoms. The molecule has 1 atom stereocenters. The Kier molecular flexibility index (Phi) is 8.35. The largest absolute Gasteiger partial charge is 0.376 e. The van der Waals surface area contributed by atoms with Gasteiger partial charge in [-0.25, -0.2) is 0 Å². The number of hydrogen-bond donors (Lipinski definition) is 0. The fourth-order valence-corrected chi connectivity index (χ4v) is 6.27. The van der Waals surface area contributed by atoms with Gasteiger partial charge in [-0.3, -0.25) is 19.1 Å². The minimum atomic E-state index is -0.241. The van der Waals surface area contributed by atoms with Gasteiger partial charge in [-0.05, 0) is 56.6 Å². The number of thioether (sulfide) groups is 1. The van der Waals surface area contributed by atoms with Crippen LogP contribution in [0.25, 0.3) is 6.08 Å². The zero-order valence-corrected chi connectivity index (χ0v) is 22.5. The van der Waals surface area contributed by atoms with Crippen molar-refractivity contribution in [3.05, 3.63) is 31.9 Å². The highest BCUT2D eigenvalue weighted by atomic mass is 32.2. The van der Waals surface area contributed by atoms with E-state index in [1.807, 2.05) is 13.0 Å². The fourth-order valence-electron chi connectivity index (χ4n) is 5.01. The zero-order chi connectivity index (χ0) is 25.1. The van der Waals surface area contributed by atoms with E-state index in [4.69, 9.17) is 17.0 Å². The second kappa shape index (κ2) is 11.3. The number of carbonyl (C=O) groups excluding carboxylic acids is 1. The van der Waals surface area contributed by atoms with Crippen molar-refractivity contribution in [2.24, 2.45) is 5.92 Å². The van der Waals surface area contributed by atoms with Crippen LogP contribution in [0.1, 0.15) is 69.1 Å². The van der Waals surface area contributed by atoms with Crippen molar-refractivity contribution in [1.29, 1.82) is 5.26 Å². The first-order valence-electron chi connectivity index (χ1n) is 12.6. The number of nitrogens with zero attached hydrogens (tertiary/aromatic N) is 4. The van der Waals surface area contributed by atoms with Crippen LogP contribution in [0.4, 0.5) is 5.82 Å². The van der Waals surface area contributed by atoms with Gasteiger partial charge in [0.1, 0.15) is 21.8 Å². The third-order valence-corrected chi connectivity index (χ3v) is 8.60. The number of unbranched alkanes of at least 4 members (excludes halogenated alkanes) is 1. The summed E-state index contributed by atoms with van der Waals surface area (Å²) in [6.07, 6.45) is 7.69. The molecular weight excluding hydrogens is 480 g/mol. The van der Waals surface area contributed by atoms with Gasteiger partial charge in [-0.2, -0.15) is 5.26 Å². The van der Waals surface area contributed by atoms with Crippen molar-refractivity contribution in [2.75, 3.05) is 31.1 Å². The molecule has 3 fully saturated rings. The molecule has 0 N–H and O–H groups in total. The lowest BCUT2D eigenvalue weighted by Gasteiger charge is -2.35. The van der Waals surface area contributed by atoms with Crippen LogP contribution in [0.15, 0.2) is 9.70 Å². The number of hydrogen-bond acceptors (Lipinski definition) is 7. The van der Waals surface area contributed by atoms with Gasteiger partial charge in [-0.15, -0.1) is 0 Å². The molecular formula is C26H34N4O3S2. The Morgan fingerprint density at radius 2 is 2.00 bits per heavy atom. The van der Waals surface area contributed by atoms with Gasteiger partial charge >= 0.3 is 0 Å². The Bertz CT molecular complexity index is 1120. The average molecular weight is 515 g/mol. The molecule has 1 amide bonds. The number of anilines is 1. The molecule has 7 nitrogen and oxygen atoms in total. The zero-order valence-electron chi connectivity index (χ0n) is 20.8. The van der Waals surface area contributed by atoms with Crippen molar-refractivity contribution < 1.29 is 9.53 Å². The van der Waals surface area contributed by atoms with Crippen molar-refractivity contribution in [3.8, 4) is 6.07 Å². The summed E-state index contributed by atoms with van der Waals surface area (Å²) in [7, 11) is 0. The van der Waals surface area contributed by atoms with E-state index in [9.17, 15) is 14.9 Å². The highest BCUT2D eigenvalue weighted by Crippen LogP contribution is 2.37. The van der Waals surface area contributed by atoms with Crippen LogP contribution in [-0.4, -0.2) is 52.0 Å². The lowest BCUT2D eigenvalue weighted by molar-refractivity contribution is -0.123. The van der Waals surface area contributed by atoms with Gasteiger partial charge < -0.3 is 9.64 Å². The first-order chi connectivity index (χ1) is 16.8. The average Bonchev–Trinajstić information content (AvgIpc) is 3.45. The maximum absolute atomic E-state index is 13.4. The molecule has 0 aliphatic carbocycles. The summed E-state index contributed by atoms with van der Waals surface area (Å²) >= 11 is 6.85. The van der Waals surface area contributed by atoms with Crippen LogP contribution < -0.4 is 10.5 Å². The van der Waals surface area contributed by atoms with Crippen LogP contribution in [0, 0.1) is 24.2 Å². The summed E-state index contributed by atoms with van der Waals surface area (Å²) in [5, 5.41) is 9.85. The second-order valence-corrected chi connectivity index (χ2v) is 11.4. The highest BCUT2D eigenvalue weighted by Gasteiger charge is 2.35. The van der Waals surface area contributed by atoms with Crippen LogP contribution in [0.2, 0.25) is 0 Å². The fraction of sp³-hybridized carbons (Fsp3) is 0.615. The minimum Gasteiger partial charge on any atom is -0.376 e. The maximum atomic E-state index is 13.4. The summed E-state index contributed by atoms with van der Waals surface area (Å²) < 4.78 is 8.02. The maximum Gasteiger partial charge on any atom is 0.270 e. The molecule has 3 aliphatic rings. The van der Waals surface area contributed by atoms with Crippen LogP contribution >= 0.6 is 24.0 Å². The van der Waals surface area contributed by atoms with Crippen molar-refractivity contribution >= 4 is 46.1 Å². The standard InChI is InChI=1S/C26H34N4O3S2/c1-4-5-10-29-23(28-11-8-17(2)9-12-28)20(18(3)21(15-27)24(29)31)14-22-25(32)30(26(34)35-22)16-19-7-6-13-33-19/h14,17,19H,4-13,16H2,1-3H3. The summed E-state index contributed by atoms with van der Waals surface area (Å²) in [6, 6.07) is 2.13. The molecule has 3 aliphatic heterocycles. The van der Waals surface area contributed by atoms with Gasteiger partial charge in [0.25, 0.3) is 11.5 Å². The van der Waals surface area contributed by atoms with E-state index >= 15 is 0 Å². The van der Waals surface area contributed by atoms with Gasteiger partial charge in [0.15, 0.2) is 0 Å². The Morgan fingerprint density at radius 3 is 2.63 bits per heavy atom. The number of rotatable bonds is 7. The minimum absolute atomic E-state index is 0.0191. The van der Waals surface area contributed by atoms with Crippen molar-refractivity contribution in [3.63, 3.8) is 0 Å². The molecule has 0 bridgehead atoms. The third-order valence-electron chi connectivity index (χ3n) is 7.22. The summed E-state index contributed by atoms with van der Waals surface area (Å²) in [5.41, 5.74) is 1.32. The van der Waals surface area contributed by atoms with Gasteiger partial charge in [0.2, 0.25) is 0 Å². The predicted molar refractivity (Wildman–Crippen MR) is 145 cm³/mol. The van der Waals surface area contributed by atoms with Crippen LogP contribution in [0.5, 0.6) is 0 Å². The topological polar surface area (TPSA) is 78.6 Å². The molecule has 0 saturated carbocycles. The van der Waals surface area contributed by atoms with Crippen molar-refractivity contribution in [1.82, 2.24) is 9.47 Å². The summed E-state index contributed by atoms with van der Waals surface area (Å²) in [6.45, 7) is 9.60. The quantitative estimate of drug-likeness (QED) is 0.393. The van der Waals surface area contributed by atoms with Gasteiger partial charge in [0, 0.05) is 31.8 Å². The summed E-state index contributed by atoms with van der Waals surface area (Å²) in [5.74, 6) is 1.34. The van der Waals surface area contributed by atoms with Crippen LogP contribution in [0.3, 0.4) is 0 Å². The molecule has 1 aromatic heterocycles. The molecule has 188 valence electrons. The Hall–Kier alpha value is -2.15. The third kappa shape index (κ3) is 5.35. The predicted octanol–water partition coefficient (Wildman–Crippen LogP) is 4.45. The molecule has 3 saturated heterocycles. The number of aromatic nitrogens is 1. The monoisotopic (exact) mass is 514 g/mol. The van der Waals surface area contributed by atoms with Gasteiger partial charge in [-0.1, -0.05) is 44.2 Å². The van der Waals surface area contributed by atoms with E-state index in [2.05, 4.69) is 24.8 Å². The molecule has 0 aromatic carbocycles. The Labute approximate surface area is 217 Å². The van der Waals surface area contributed by atoms with Crippen molar-refractivity contribution in [2.45, 2.75) is 71.9 Å². The highest BCUT2D eigenvalue weighted by molar-refractivity contribution is 8.26. The van der Waals surface area contributed by atoms with E-state index in [-0.39, 0.29) is 23.1 Å². The van der Waals surface area contributed by atoms with E-state index < -0.39 is 0 Å². The number of nitriles is 1. The molecule has 0 radical (unpaired) electrons. The number of amides is 1. The Morgan fingerprint density at radius 1 is 1.26 bits per heavy atom. The Balaban J connectivity index is 1.80. The number of thiocarbonyl (C=S) groups is 1. The van der Waals surface area contributed by atoms with Crippen LogP contribution in [-0.2, 0) is 16.1 Å². The molecule has 1 unspecified atom stereocenters. The second-order valence-electron chi connectivity index (χ2n) is 9.76. The van der Waals surface area contributed by atoms with E-state index in [0.29, 0.717) is 33.8 Å². The number of ether oxygens (including phenoxy) is 1. The molecule has 0 spiro atoms. The van der Waals surface area contributed by atoms with E-state index in [1.54, 1.807) is 9.47 Å². The smallest absolute Gasteiger partial charge is 0.270 e. The molecule has 4 rings (SSSR count). The molecule has 4 heterocycles.